The van der Waals surface area contributed by atoms with Gasteiger partial charge in [0.05, 0.1) is 18.7 Å². The van der Waals surface area contributed by atoms with Crippen molar-refractivity contribution in [2.45, 2.75) is 5.88 Å². The zero-order valence-electron chi connectivity index (χ0n) is 5.97. The number of pyridine rings is 1. The second-order valence-corrected chi connectivity index (χ2v) is 2.55. The Morgan fingerprint density at radius 2 is 2.27 bits per heavy atom. The van der Waals surface area contributed by atoms with Crippen LogP contribution in [0.5, 0.6) is 5.75 Å². The Hall–Kier alpha value is -0.470. The van der Waals surface area contributed by atoms with Gasteiger partial charge in [-0.05, 0) is 12.1 Å². The molecular weight excluding hydrogens is 185 g/mol. The van der Waals surface area contributed by atoms with Gasteiger partial charge < -0.3 is 4.74 Å². The maximum absolute atomic E-state index is 5.71. The highest BCUT2D eigenvalue weighted by Gasteiger charge is 2.01. The molecular formula is C7H7Cl2NO. The highest BCUT2D eigenvalue weighted by Crippen LogP contribution is 2.21. The summed E-state index contributed by atoms with van der Waals surface area (Å²) in [5, 5.41) is 0.352. The third kappa shape index (κ3) is 1.98. The fourth-order valence-electron chi connectivity index (χ4n) is 0.686. The third-order valence-corrected chi connectivity index (χ3v) is 1.77. The number of hydrogen-bond acceptors (Lipinski definition) is 2. The van der Waals surface area contributed by atoms with Crippen molar-refractivity contribution >= 4 is 23.2 Å². The molecule has 1 rings (SSSR count). The van der Waals surface area contributed by atoms with Crippen LogP contribution in [0.15, 0.2) is 12.1 Å². The summed E-state index contributed by atoms with van der Waals surface area (Å²) in [4.78, 5) is 3.97. The lowest BCUT2D eigenvalue weighted by Gasteiger charge is -2.01. The Kier molecular flexibility index (Phi) is 2.97. The van der Waals surface area contributed by atoms with Crippen molar-refractivity contribution in [3.05, 3.63) is 23.0 Å². The van der Waals surface area contributed by atoms with Crippen LogP contribution in [-0.4, -0.2) is 12.1 Å². The smallest absolute Gasteiger partial charge is 0.171 e. The van der Waals surface area contributed by atoms with E-state index in [4.69, 9.17) is 27.9 Å². The Morgan fingerprint density at radius 3 is 2.73 bits per heavy atom. The molecule has 0 aromatic carbocycles. The number of ether oxygens (including phenoxy) is 1. The monoisotopic (exact) mass is 191 g/mol. The quantitative estimate of drug-likeness (QED) is 0.530. The molecule has 0 spiro atoms. The van der Waals surface area contributed by atoms with Gasteiger partial charge in [-0.15, -0.1) is 11.6 Å². The topological polar surface area (TPSA) is 22.1 Å². The molecule has 0 aliphatic carbocycles. The van der Waals surface area contributed by atoms with Gasteiger partial charge in [-0.3, -0.25) is 0 Å². The summed E-state index contributed by atoms with van der Waals surface area (Å²) in [6.07, 6.45) is 0. The Morgan fingerprint density at radius 1 is 1.55 bits per heavy atom. The standard InChI is InChI=1S/C7H7Cl2NO/c1-11-6-3-2-5(4-8)10-7(6)9/h2-3H,4H2,1H3. The van der Waals surface area contributed by atoms with Gasteiger partial charge in [0.15, 0.2) is 10.9 Å². The predicted octanol–water partition coefficient (Wildman–Crippen LogP) is 2.48. The molecule has 0 fully saturated rings. The van der Waals surface area contributed by atoms with Crippen molar-refractivity contribution < 1.29 is 4.74 Å². The van der Waals surface area contributed by atoms with E-state index in [9.17, 15) is 0 Å². The maximum Gasteiger partial charge on any atom is 0.171 e. The molecule has 0 bridgehead atoms. The van der Waals surface area contributed by atoms with Crippen LogP contribution < -0.4 is 4.74 Å². The van der Waals surface area contributed by atoms with E-state index in [-0.39, 0.29) is 0 Å². The number of nitrogens with zero attached hydrogens (tertiary/aromatic N) is 1. The lowest BCUT2D eigenvalue weighted by Crippen LogP contribution is -1.90. The first-order chi connectivity index (χ1) is 5.27. The lowest BCUT2D eigenvalue weighted by atomic mass is 10.4. The number of hydrogen-bond donors (Lipinski definition) is 0. The van der Waals surface area contributed by atoms with Gasteiger partial charge in [-0.2, -0.15) is 0 Å². The molecule has 0 amide bonds. The minimum Gasteiger partial charge on any atom is -0.494 e. The lowest BCUT2D eigenvalue weighted by molar-refractivity contribution is 0.413. The minimum atomic E-state index is 0.352. The molecule has 0 unspecified atom stereocenters. The Balaban J connectivity index is 2.99. The van der Waals surface area contributed by atoms with Gasteiger partial charge in [0.1, 0.15) is 0 Å². The van der Waals surface area contributed by atoms with Crippen molar-refractivity contribution in [3.63, 3.8) is 0 Å². The zero-order chi connectivity index (χ0) is 8.27. The second kappa shape index (κ2) is 3.79. The summed E-state index contributed by atoms with van der Waals surface area (Å²) < 4.78 is 4.91. The first-order valence-electron chi connectivity index (χ1n) is 3.03. The summed E-state index contributed by atoms with van der Waals surface area (Å²) in [6.45, 7) is 0. The van der Waals surface area contributed by atoms with Crippen molar-refractivity contribution in [1.29, 1.82) is 0 Å². The molecule has 0 radical (unpaired) electrons. The van der Waals surface area contributed by atoms with Crippen molar-refractivity contribution in [2.75, 3.05) is 7.11 Å². The predicted molar refractivity (Wildman–Crippen MR) is 45.4 cm³/mol. The SMILES string of the molecule is COc1ccc(CCl)nc1Cl. The van der Waals surface area contributed by atoms with Gasteiger partial charge in [-0.25, -0.2) is 4.98 Å². The highest BCUT2D eigenvalue weighted by molar-refractivity contribution is 6.30. The van der Waals surface area contributed by atoms with Crippen LogP contribution in [0.1, 0.15) is 5.69 Å². The fraction of sp³-hybridized carbons (Fsp3) is 0.286. The van der Waals surface area contributed by atoms with Crippen molar-refractivity contribution in [3.8, 4) is 5.75 Å². The summed E-state index contributed by atoms with van der Waals surface area (Å²) >= 11 is 11.2. The molecule has 4 heteroatoms. The Bertz CT molecular complexity index is 252. The van der Waals surface area contributed by atoms with Crippen LogP contribution in [0.3, 0.4) is 0 Å². The molecule has 60 valence electrons. The molecule has 0 atom stereocenters. The maximum atomic E-state index is 5.71. The fourth-order valence-corrected chi connectivity index (χ4v) is 1.08. The van der Waals surface area contributed by atoms with E-state index < -0.39 is 0 Å². The molecule has 11 heavy (non-hydrogen) atoms. The van der Waals surface area contributed by atoms with E-state index in [0.29, 0.717) is 16.8 Å². The molecule has 1 aromatic heterocycles. The summed E-state index contributed by atoms with van der Waals surface area (Å²) in [5.74, 6) is 0.935. The second-order valence-electron chi connectivity index (χ2n) is 1.93. The van der Waals surface area contributed by atoms with E-state index in [2.05, 4.69) is 4.98 Å². The number of halogens is 2. The zero-order valence-corrected chi connectivity index (χ0v) is 7.49. The van der Waals surface area contributed by atoms with Crippen LogP contribution in [0, 0.1) is 0 Å². The van der Waals surface area contributed by atoms with Crippen LogP contribution in [0.2, 0.25) is 5.15 Å². The number of methoxy groups -OCH3 is 1. The van der Waals surface area contributed by atoms with Crippen LogP contribution >= 0.6 is 23.2 Å². The number of rotatable bonds is 2. The van der Waals surface area contributed by atoms with E-state index in [0.717, 1.165) is 5.69 Å². The van der Waals surface area contributed by atoms with E-state index in [1.165, 1.54) is 0 Å². The van der Waals surface area contributed by atoms with Gasteiger partial charge in [0, 0.05) is 0 Å². The first-order valence-corrected chi connectivity index (χ1v) is 3.94. The molecule has 0 N–H and O–H groups in total. The van der Waals surface area contributed by atoms with Crippen LogP contribution in [0.4, 0.5) is 0 Å². The Labute approximate surface area is 75.1 Å². The average Bonchev–Trinajstić information content (AvgIpc) is 2.04. The normalized spacial score (nSPS) is 9.73. The molecule has 1 aromatic rings. The molecule has 1 heterocycles. The third-order valence-electron chi connectivity index (χ3n) is 1.23. The highest BCUT2D eigenvalue weighted by atomic mass is 35.5. The summed E-state index contributed by atoms with van der Waals surface area (Å²) in [5.41, 5.74) is 0.748. The minimum absolute atomic E-state index is 0.352. The number of alkyl halides is 1. The molecule has 2 nitrogen and oxygen atoms in total. The molecule has 0 aliphatic heterocycles. The number of aromatic nitrogens is 1. The summed E-state index contributed by atoms with van der Waals surface area (Å²) in [6, 6.07) is 3.52. The first kappa shape index (κ1) is 8.62. The van der Waals surface area contributed by atoms with Gasteiger partial charge in [-0.1, -0.05) is 11.6 Å². The largest absolute Gasteiger partial charge is 0.494 e. The van der Waals surface area contributed by atoms with Crippen LogP contribution in [0.25, 0.3) is 0 Å². The van der Waals surface area contributed by atoms with Gasteiger partial charge >= 0.3 is 0 Å². The molecule has 0 aliphatic rings. The van der Waals surface area contributed by atoms with Crippen molar-refractivity contribution in [2.24, 2.45) is 0 Å². The average molecular weight is 192 g/mol. The summed E-state index contributed by atoms with van der Waals surface area (Å²) in [7, 11) is 1.54. The van der Waals surface area contributed by atoms with Crippen LogP contribution in [-0.2, 0) is 5.88 Å². The van der Waals surface area contributed by atoms with E-state index in [1.54, 1.807) is 19.2 Å². The molecule has 0 saturated heterocycles. The van der Waals surface area contributed by atoms with E-state index in [1.807, 2.05) is 0 Å². The van der Waals surface area contributed by atoms with Crippen molar-refractivity contribution in [1.82, 2.24) is 4.98 Å². The van der Waals surface area contributed by atoms with Gasteiger partial charge in [0.2, 0.25) is 0 Å². The van der Waals surface area contributed by atoms with E-state index >= 15 is 0 Å². The molecule has 0 saturated carbocycles. The van der Waals surface area contributed by atoms with Gasteiger partial charge in [0.25, 0.3) is 0 Å².